The first kappa shape index (κ1) is 17.5. The Bertz CT molecular complexity index is 694. The fourth-order valence-corrected chi connectivity index (χ4v) is 2.77. The number of ether oxygens (including phenoxy) is 3. The number of hydrogen-bond donors (Lipinski definition) is 0. The van der Waals surface area contributed by atoms with Gasteiger partial charge >= 0.3 is 11.8 Å². The summed E-state index contributed by atoms with van der Waals surface area (Å²) in [6, 6.07) is 5.06. The molecule has 1 aromatic carbocycles. The van der Waals surface area contributed by atoms with Crippen molar-refractivity contribution in [2.75, 3.05) is 19.8 Å². The molecule has 0 saturated heterocycles. The van der Waals surface area contributed by atoms with Gasteiger partial charge in [-0.3, -0.25) is 4.79 Å². The van der Waals surface area contributed by atoms with E-state index in [4.69, 9.17) is 14.2 Å². The molecule has 0 saturated carbocycles. The van der Waals surface area contributed by atoms with E-state index in [0.29, 0.717) is 5.52 Å². The van der Waals surface area contributed by atoms with E-state index < -0.39 is 17.5 Å². The summed E-state index contributed by atoms with van der Waals surface area (Å²) in [5.74, 6) is -3.64. The van der Waals surface area contributed by atoms with E-state index >= 15 is 0 Å². The van der Waals surface area contributed by atoms with Crippen molar-refractivity contribution >= 4 is 33.5 Å². The molecule has 2 aromatic rings. The third-order valence-electron chi connectivity index (χ3n) is 3.06. The SMILES string of the molecule is CCOC(=O)C(OCC)(OCC)C(=O)c1cccc2snnc12. The van der Waals surface area contributed by atoms with Gasteiger partial charge in [0, 0.05) is 13.2 Å². The second-order valence-electron chi connectivity index (χ2n) is 4.46. The highest BCUT2D eigenvalue weighted by molar-refractivity contribution is 7.13. The average molecular weight is 338 g/mol. The van der Waals surface area contributed by atoms with Crippen molar-refractivity contribution in [3.05, 3.63) is 23.8 Å². The third kappa shape index (κ3) is 3.24. The van der Waals surface area contributed by atoms with Gasteiger partial charge < -0.3 is 14.2 Å². The smallest absolute Gasteiger partial charge is 0.375 e. The number of benzene rings is 1. The molecule has 0 fully saturated rings. The Kier molecular flexibility index (Phi) is 5.75. The first-order valence-corrected chi connectivity index (χ1v) is 8.09. The number of esters is 1. The molecule has 0 atom stereocenters. The predicted octanol–water partition coefficient (Wildman–Crippen LogP) is 2.21. The lowest BCUT2D eigenvalue weighted by atomic mass is 10.0. The van der Waals surface area contributed by atoms with Gasteiger partial charge in [0.2, 0.25) is 5.78 Å². The summed E-state index contributed by atoms with van der Waals surface area (Å²) < 4.78 is 20.5. The monoisotopic (exact) mass is 338 g/mol. The van der Waals surface area contributed by atoms with Crippen LogP contribution in [0.5, 0.6) is 0 Å². The second kappa shape index (κ2) is 7.58. The highest BCUT2D eigenvalue weighted by atomic mass is 32.1. The standard InChI is InChI=1S/C15H18N2O5S/c1-4-20-14(19)15(21-5-2,22-6-3)13(18)10-8-7-9-11-12(10)16-17-23-11/h7-9H,4-6H2,1-3H3. The van der Waals surface area contributed by atoms with E-state index in [-0.39, 0.29) is 25.4 Å². The molecule has 23 heavy (non-hydrogen) atoms. The van der Waals surface area contributed by atoms with Crippen LogP contribution in [-0.2, 0) is 19.0 Å². The van der Waals surface area contributed by atoms with Crippen molar-refractivity contribution in [3.8, 4) is 0 Å². The fraction of sp³-hybridized carbons (Fsp3) is 0.467. The highest BCUT2D eigenvalue weighted by Gasteiger charge is 2.51. The summed E-state index contributed by atoms with van der Waals surface area (Å²) in [6.45, 7) is 5.31. The van der Waals surface area contributed by atoms with E-state index in [1.165, 1.54) is 0 Å². The van der Waals surface area contributed by atoms with Crippen LogP contribution in [0.25, 0.3) is 10.2 Å². The Morgan fingerprint density at radius 1 is 1.13 bits per heavy atom. The van der Waals surface area contributed by atoms with Crippen molar-refractivity contribution in [1.82, 2.24) is 9.59 Å². The minimum atomic E-state index is -2.13. The topological polar surface area (TPSA) is 87.6 Å². The van der Waals surface area contributed by atoms with Gasteiger partial charge in [-0.15, -0.1) is 5.10 Å². The van der Waals surface area contributed by atoms with E-state index in [1.807, 2.05) is 0 Å². The predicted molar refractivity (Wildman–Crippen MR) is 84.4 cm³/mol. The molecule has 0 unspecified atom stereocenters. The van der Waals surface area contributed by atoms with Crippen LogP contribution >= 0.6 is 11.5 Å². The van der Waals surface area contributed by atoms with Crippen LogP contribution in [0.4, 0.5) is 0 Å². The zero-order chi connectivity index (χ0) is 16.9. The molecule has 0 spiro atoms. The molecule has 0 bridgehead atoms. The van der Waals surface area contributed by atoms with Crippen molar-refractivity contribution in [2.45, 2.75) is 26.6 Å². The summed E-state index contributed by atoms with van der Waals surface area (Å²) in [7, 11) is 0. The van der Waals surface area contributed by atoms with E-state index in [9.17, 15) is 9.59 Å². The normalized spacial score (nSPS) is 11.6. The van der Waals surface area contributed by atoms with Crippen LogP contribution < -0.4 is 0 Å². The molecular formula is C15H18N2O5S. The Hall–Kier alpha value is -1.90. The number of Topliss-reactive ketones (excluding diaryl/α,β-unsaturated/α-hetero) is 1. The lowest BCUT2D eigenvalue weighted by Crippen LogP contribution is -2.52. The maximum atomic E-state index is 13.1. The molecular weight excluding hydrogens is 320 g/mol. The molecule has 0 aliphatic carbocycles. The number of aromatic nitrogens is 2. The van der Waals surface area contributed by atoms with Crippen molar-refractivity contribution in [1.29, 1.82) is 0 Å². The van der Waals surface area contributed by atoms with Gasteiger partial charge in [0.25, 0.3) is 0 Å². The lowest BCUT2D eigenvalue weighted by Gasteiger charge is -2.29. The molecule has 2 rings (SSSR count). The Morgan fingerprint density at radius 3 is 2.43 bits per heavy atom. The Labute approximate surface area is 137 Å². The van der Waals surface area contributed by atoms with Crippen LogP contribution in [0.15, 0.2) is 18.2 Å². The van der Waals surface area contributed by atoms with E-state index in [2.05, 4.69) is 9.59 Å². The van der Waals surface area contributed by atoms with Crippen molar-refractivity contribution in [2.24, 2.45) is 0 Å². The number of rotatable bonds is 8. The quantitative estimate of drug-likeness (QED) is 0.315. The third-order valence-corrected chi connectivity index (χ3v) is 3.75. The largest absolute Gasteiger partial charge is 0.462 e. The number of carbonyl (C=O) groups is 2. The van der Waals surface area contributed by atoms with Crippen LogP contribution in [0.1, 0.15) is 31.1 Å². The Balaban J connectivity index is 2.55. The van der Waals surface area contributed by atoms with Crippen molar-refractivity contribution in [3.63, 3.8) is 0 Å². The minimum absolute atomic E-state index is 0.107. The van der Waals surface area contributed by atoms with Gasteiger partial charge in [0.1, 0.15) is 5.52 Å². The average Bonchev–Trinajstić information content (AvgIpc) is 3.02. The molecule has 0 N–H and O–H groups in total. The summed E-state index contributed by atoms with van der Waals surface area (Å²) in [5, 5.41) is 3.96. The van der Waals surface area contributed by atoms with Gasteiger partial charge in [-0.25, -0.2) is 4.79 Å². The van der Waals surface area contributed by atoms with Gasteiger partial charge in [-0.05, 0) is 44.4 Å². The van der Waals surface area contributed by atoms with Crippen molar-refractivity contribution < 1.29 is 23.8 Å². The fourth-order valence-electron chi connectivity index (χ4n) is 2.18. The van der Waals surface area contributed by atoms with Gasteiger partial charge in [0.15, 0.2) is 0 Å². The summed E-state index contributed by atoms with van der Waals surface area (Å²) >= 11 is 1.16. The molecule has 1 heterocycles. The Morgan fingerprint density at radius 2 is 1.83 bits per heavy atom. The van der Waals surface area contributed by atoms with E-state index in [0.717, 1.165) is 16.2 Å². The number of fused-ring (bicyclic) bond motifs is 1. The molecule has 8 heteroatoms. The molecule has 7 nitrogen and oxygen atoms in total. The maximum absolute atomic E-state index is 13.1. The molecule has 0 aliphatic rings. The first-order chi connectivity index (χ1) is 11.1. The first-order valence-electron chi connectivity index (χ1n) is 7.31. The van der Waals surface area contributed by atoms with Gasteiger partial charge in [-0.1, -0.05) is 10.6 Å². The highest BCUT2D eigenvalue weighted by Crippen LogP contribution is 2.27. The molecule has 1 aromatic heterocycles. The molecule has 0 radical (unpaired) electrons. The van der Waals surface area contributed by atoms with E-state index in [1.54, 1.807) is 39.0 Å². The zero-order valence-corrected chi connectivity index (χ0v) is 14.0. The van der Waals surface area contributed by atoms with Crippen LogP contribution in [-0.4, -0.2) is 46.9 Å². The number of ketones is 1. The minimum Gasteiger partial charge on any atom is -0.462 e. The van der Waals surface area contributed by atoms with Crippen LogP contribution in [0, 0.1) is 0 Å². The number of carbonyl (C=O) groups excluding carboxylic acids is 2. The molecule has 0 aliphatic heterocycles. The second-order valence-corrected chi connectivity index (χ2v) is 5.24. The summed E-state index contributed by atoms with van der Waals surface area (Å²) in [5.41, 5.74) is 0.627. The number of hydrogen-bond acceptors (Lipinski definition) is 8. The van der Waals surface area contributed by atoms with Gasteiger partial charge in [0.05, 0.1) is 16.9 Å². The van der Waals surface area contributed by atoms with Crippen LogP contribution in [0.2, 0.25) is 0 Å². The summed E-state index contributed by atoms with van der Waals surface area (Å²) in [6.07, 6.45) is 0. The maximum Gasteiger partial charge on any atom is 0.375 e. The lowest BCUT2D eigenvalue weighted by molar-refractivity contribution is -0.222. The molecule has 124 valence electrons. The molecule has 0 amide bonds. The number of nitrogens with zero attached hydrogens (tertiary/aromatic N) is 2. The van der Waals surface area contributed by atoms with Gasteiger partial charge in [-0.2, -0.15) is 0 Å². The zero-order valence-electron chi connectivity index (χ0n) is 13.2. The van der Waals surface area contributed by atoms with Crippen LogP contribution in [0.3, 0.4) is 0 Å². The summed E-state index contributed by atoms with van der Waals surface area (Å²) in [4.78, 5) is 25.5.